The summed E-state index contributed by atoms with van der Waals surface area (Å²) in [5.74, 6) is -1.90. The highest BCUT2D eigenvalue weighted by Gasteiger charge is 2.34. The van der Waals surface area contributed by atoms with Crippen LogP contribution < -0.4 is 4.74 Å². The Morgan fingerprint density at radius 3 is 2.43 bits per heavy atom. The second kappa shape index (κ2) is 6.19. The minimum atomic E-state index is -4.55. The third-order valence-corrected chi connectivity index (χ3v) is 4.19. The Hall–Kier alpha value is -3.68. The molecule has 0 amide bonds. The summed E-state index contributed by atoms with van der Waals surface area (Å²) >= 11 is 0. The van der Waals surface area contributed by atoms with Crippen molar-refractivity contribution < 1.29 is 37.3 Å². The van der Waals surface area contributed by atoms with Gasteiger partial charge in [0.05, 0.1) is 11.1 Å². The first-order valence-electron chi connectivity index (χ1n) is 8.01. The molecule has 1 aliphatic rings. The Morgan fingerprint density at radius 1 is 0.929 bits per heavy atom. The van der Waals surface area contributed by atoms with E-state index in [1.807, 2.05) is 0 Å². The van der Waals surface area contributed by atoms with E-state index in [1.165, 1.54) is 42.5 Å². The largest absolute Gasteiger partial charge is 0.504 e. The molecule has 0 radical (unpaired) electrons. The zero-order valence-corrected chi connectivity index (χ0v) is 13.9. The molecular formula is C20H11F3O5. The summed E-state index contributed by atoms with van der Waals surface area (Å²) in [5, 5.41) is 19.3. The Bertz CT molecular complexity index is 1130. The number of hydrogen-bond donors (Lipinski definition) is 2. The molecular weight excluding hydrogens is 377 g/mol. The zero-order chi connectivity index (χ0) is 20.1. The molecule has 5 nitrogen and oxygen atoms in total. The Kier molecular flexibility index (Phi) is 3.92. The molecule has 0 unspecified atom stereocenters. The van der Waals surface area contributed by atoms with Crippen molar-refractivity contribution in [2.24, 2.45) is 0 Å². The lowest BCUT2D eigenvalue weighted by Gasteiger charge is -2.10. The van der Waals surface area contributed by atoms with Gasteiger partial charge in [-0.15, -0.1) is 0 Å². The number of fused-ring (bicyclic) bond motifs is 1. The molecule has 142 valence electrons. The van der Waals surface area contributed by atoms with Gasteiger partial charge in [0.25, 0.3) is 0 Å². The van der Waals surface area contributed by atoms with Gasteiger partial charge in [-0.05, 0) is 30.3 Å². The van der Waals surface area contributed by atoms with E-state index < -0.39 is 29.0 Å². The predicted octanol–water partition coefficient (Wildman–Crippen LogP) is 4.99. The number of furan rings is 1. The van der Waals surface area contributed by atoms with E-state index in [4.69, 9.17) is 9.15 Å². The molecule has 2 N–H and O–H groups in total. The van der Waals surface area contributed by atoms with E-state index in [9.17, 15) is 28.2 Å². The lowest BCUT2D eigenvalue weighted by atomic mass is 10.1. The van der Waals surface area contributed by atoms with Crippen molar-refractivity contribution in [2.75, 3.05) is 0 Å². The monoisotopic (exact) mass is 388 g/mol. The average molecular weight is 388 g/mol. The molecule has 2 heterocycles. The van der Waals surface area contributed by atoms with E-state index in [2.05, 4.69) is 0 Å². The Labute approximate surface area is 155 Å². The van der Waals surface area contributed by atoms with Crippen LogP contribution in [0.4, 0.5) is 13.2 Å². The number of benzene rings is 2. The minimum absolute atomic E-state index is 0.0248. The summed E-state index contributed by atoms with van der Waals surface area (Å²) in [6.07, 6.45) is -3.34. The van der Waals surface area contributed by atoms with Crippen LogP contribution in [0.25, 0.3) is 17.4 Å². The van der Waals surface area contributed by atoms with Gasteiger partial charge in [0.15, 0.2) is 17.3 Å². The maximum absolute atomic E-state index is 13.2. The molecule has 0 spiro atoms. The van der Waals surface area contributed by atoms with Gasteiger partial charge >= 0.3 is 6.18 Å². The number of hydrogen-bond acceptors (Lipinski definition) is 5. The number of aromatic hydroxyl groups is 2. The number of carbonyl (C=O) groups excluding carboxylic acids is 1. The molecule has 1 aromatic heterocycles. The van der Waals surface area contributed by atoms with Gasteiger partial charge in [0, 0.05) is 11.6 Å². The predicted molar refractivity (Wildman–Crippen MR) is 91.9 cm³/mol. The first-order chi connectivity index (χ1) is 13.3. The smallest absolute Gasteiger partial charge is 0.417 e. The van der Waals surface area contributed by atoms with Crippen molar-refractivity contribution in [1.82, 2.24) is 0 Å². The Balaban J connectivity index is 1.69. The molecule has 1 aliphatic heterocycles. The van der Waals surface area contributed by atoms with Gasteiger partial charge < -0.3 is 19.4 Å². The molecule has 0 bridgehead atoms. The third-order valence-electron chi connectivity index (χ3n) is 4.19. The molecule has 0 aliphatic carbocycles. The maximum Gasteiger partial charge on any atom is 0.417 e. The van der Waals surface area contributed by atoms with Crippen molar-refractivity contribution in [1.29, 1.82) is 0 Å². The highest BCUT2D eigenvalue weighted by Crippen LogP contribution is 2.44. The summed E-state index contributed by atoms with van der Waals surface area (Å²) in [4.78, 5) is 12.4. The SMILES string of the molecule is O=C1/C(=C/c2ccc(-c3ccccc3C(F)(F)F)o2)Oc2c1ccc(O)c2O. The van der Waals surface area contributed by atoms with Crippen molar-refractivity contribution in [3.63, 3.8) is 0 Å². The fourth-order valence-electron chi connectivity index (χ4n) is 2.88. The number of rotatable bonds is 2. The third kappa shape index (κ3) is 2.88. The second-order valence-electron chi connectivity index (χ2n) is 6.00. The number of ether oxygens (including phenoxy) is 1. The number of phenols is 2. The summed E-state index contributed by atoms with van der Waals surface area (Å²) in [5.41, 5.74) is -0.926. The molecule has 8 heteroatoms. The van der Waals surface area contributed by atoms with Gasteiger partial charge in [0.2, 0.25) is 11.5 Å². The normalized spacial score (nSPS) is 15.0. The highest BCUT2D eigenvalue weighted by atomic mass is 19.4. The second-order valence-corrected chi connectivity index (χ2v) is 6.00. The molecule has 0 fully saturated rings. The first kappa shape index (κ1) is 17.7. The molecule has 28 heavy (non-hydrogen) atoms. The van der Waals surface area contributed by atoms with Gasteiger partial charge in [-0.25, -0.2) is 0 Å². The number of ketones is 1. The molecule has 0 atom stereocenters. The number of allylic oxidation sites excluding steroid dienone is 1. The molecule has 0 saturated heterocycles. The lowest BCUT2D eigenvalue weighted by molar-refractivity contribution is -0.137. The van der Waals surface area contributed by atoms with Crippen LogP contribution in [0.5, 0.6) is 17.2 Å². The quantitative estimate of drug-likeness (QED) is 0.477. The van der Waals surface area contributed by atoms with Crippen LogP contribution in [-0.2, 0) is 6.18 Å². The fourth-order valence-corrected chi connectivity index (χ4v) is 2.88. The summed E-state index contributed by atoms with van der Waals surface area (Å²) in [6, 6.07) is 10.2. The number of Topliss-reactive ketones (excluding diaryl/α,β-unsaturated/α-hetero) is 1. The molecule has 0 saturated carbocycles. The van der Waals surface area contributed by atoms with Gasteiger partial charge in [-0.1, -0.05) is 18.2 Å². The number of halogens is 3. The summed E-state index contributed by atoms with van der Waals surface area (Å²) in [7, 11) is 0. The van der Waals surface area contributed by atoms with Crippen LogP contribution in [0.1, 0.15) is 21.7 Å². The average Bonchev–Trinajstić information content (AvgIpc) is 3.24. The zero-order valence-electron chi connectivity index (χ0n) is 13.9. The van der Waals surface area contributed by atoms with E-state index >= 15 is 0 Å². The molecule has 4 rings (SSSR count). The summed E-state index contributed by atoms with van der Waals surface area (Å²) in [6.45, 7) is 0. The van der Waals surface area contributed by atoms with Crippen molar-refractivity contribution in [3.8, 4) is 28.6 Å². The van der Waals surface area contributed by atoms with Gasteiger partial charge in [0.1, 0.15) is 11.5 Å². The molecule has 3 aromatic rings. The maximum atomic E-state index is 13.2. The fraction of sp³-hybridized carbons (Fsp3) is 0.0500. The minimum Gasteiger partial charge on any atom is -0.504 e. The topological polar surface area (TPSA) is 79.9 Å². The Morgan fingerprint density at radius 2 is 1.68 bits per heavy atom. The summed E-state index contributed by atoms with van der Waals surface area (Å²) < 4.78 is 50.3. The van der Waals surface area contributed by atoms with Gasteiger partial charge in [-0.2, -0.15) is 13.2 Å². The standard InChI is InChI=1S/C20H11F3O5/c21-20(22,23)13-4-2-1-3-11(13)15-8-5-10(27-15)9-16-17(25)12-6-7-14(24)18(26)19(12)28-16/h1-9,24,26H/b16-9-. The van der Waals surface area contributed by atoms with Crippen LogP contribution in [0.3, 0.4) is 0 Å². The lowest BCUT2D eigenvalue weighted by Crippen LogP contribution is -2.06. The van der Waals surface area contributed by atoms with Crippen molar-refractivity contribution in [3.05, 3.63) is 71.2 Å². The number of alkyl halides is 3. The van der Waals surface area contributed by atoms with Crippen LogP contribution in [-0.4, -0.2) is 16.0 Å². The van der Waals surface area contributed by atoms with E-state index in [1.54, 1.807) is 0 Å². The first-order valence-corrected chi connectivity index (χ1v) is 8.01. The van der Waals surface area contributed by atoms with Crippen LogP contribution in [0.2, 0.25) is 0 Å². The van der Waals surface area contributed by atoms with Crippen LogP contribution in [0, 0.1) is 0 Å². The van der Waals surface area contributed by atoms with E-state index in [0.29, 0.717) is 0 Å². The van der Waals surface area contributed by atoms with Crippen LogP contribution >= 0.6 is 0 Å². The van der Waals surface area contributed by atoms with Crippen molar-refractivity contribution in [2.45, 2.75) is 6.18 Å². The van der Waals surface area contributed by atoms with E-state index in [0.717, 1.165) is 12.1 Å². The van der Waals surface area contributed by atoms with E-state index in [-0.39, 0.29) is 34.2 Å². The number of phenolic OH excluding ortho intramolecular Hbond substituents is 2. The van der Waals surface area contributed by atoms with Gasteiger partial charge in [-0.3, -0.25) is 4.79 Å². The highest BCUT2D eigenvalue weighted by molar-refractivity contribution is 6.15. The van der Waals surface area contributed by atoms with Crippen molar-refractivity contribution >= 4 is 11.9 Å². The van der Waals surface area contributed by atoms with Crippen LogP contribution in [0.15, 0.2) is 58.7 Å². The number of carbonyl (C=O) groups is 1. The molecule has 2 aromatic carbocycles.